The van der Waals surface area contributed by atoms with E-state index in [0.717, 1.165) is 25.9 Å². The van der Waals surface area contributed by atoms with Crippen LogP contribution in [0.3, 0.4) is 0 Å². The number of ether oxygens (including phenoxy) is 2. The van der Waals surface area contributed by atoms with Gasteiger partial charge in [0, 0.05) is 24.7 Å². The normalized spacial score (nSPS) is 16.2. The summed E-state index contributed by atoms with van der Waals surface area (Å²) in [5, 5.41) is 0. The molecule has 0 spiro atoms. The second-order valence-corrected chi connectivity index (χ2v) is 8.17. The molecule has 1 fully saturated rings. The van der Waals surface area contributed by atoms with E-state index in [9.17, 15) is 13.2 Å². The van der Waals surface area contributed by atoms with Crippen LogP contribution < -0.4 is 14.2 Å². The Morgan fingerprint density at radius 2 is 1.59 bits per heavy atom. The van der Waals surface area contributed by atoms with E-state index in [-0.39, 0.29) is 10.8 Å². The lowest BCUT2D eigenvalue weighted by molar-refractivity contribution is 0.0792. The van der Waals surface area contributed by atoms with Gasteiger partial charge in [0.15, 0.2) is 11.5 Å². The number of nitrogens with zero attached hydrogens (tertiary/aromatic N) is 1. The van der Waals surface area contributed by atoms with Gasteiger partial charge in [0.2, 0.25) is 0 Å². The Morgan fingerprint density at radius 3 is 2.30 bits per heavy atom. The number of carbonyl (C=O) groups is 1. The SMILES string of the molecule is O=C(c1ccc(S(=O)(=O)Nc2ccc3c(c2)OCCO3)cc1)N1CCCC1. The highest BCUT2D eigenvalue weighted by atomic mass is 32.2. The molecule has 2 aliphatic heterocycles. The van der Waals surface area contributed by atoms with Crippen molar-refractivity contribution in [2.45, 2.75) is 17.7 Å². The van der Waals surface area contributed by atoms with Gasteiger partial charge < -0.3 is 14.4 Å². The Morgan fingerprint density at radius 1 is 0.926 bits per heavy atom. The van der Waals surface area contributed by atoms with Gasteiger partial charge >= 0.3 is 0 Å². The number of hydrogen-bond acceptors (Lipinski definition) is 5. The zero-order chi connectivity index (χ0) is 18.9. The van der Waals surface area contributed by atoms with E-state index < -0.39 is 10.0 Å². The fourth-order valence-corrected chi connectivity index (χ4v) is 4.25. The van der Waals surface area contributed by atoms with E-state index >= 15 is 0 Å². The predicted octanol–water partition coefficient (Wildman–Crippen LogP) is 2.49. The highest BCUT2D eigenvalue weighted by molar-refractivity contribution is 7.92. The van der Waals surface area contributed by atoms with Crippen LogP contribution in [0.5, 0.6) is 11.5 Å². The van der Waals surface area contributed by atoms with Crippen LogP contribution in [0.2, 0.25) is 0 Å². The number of nitrogens with one attached hydrogen (secondary N) is 1. The monoisotopic (exact) mass is 388 g/mol. The summed E-state index contributed by atoms with van der Waals surface area (Å²) < 4.78 is 38.7. The highest BCUT2D eigenvalue weighted by Gasteiger charge is 2.21. The topological polar surface area (TPSA) is 84.9 Å². The van der Waals surface area contributed by atoms with E-state index in [1.54, 1.807) is 35.2 Å². The average molecular weight is 388 g/mol. The molecule has 2 aromatic rings. The molecule has 2 heterocycles. The molecule has 0 saturated carbocycles. The van der Waals surface area contributed by atoms with E-state index in [0.29, 0.717) is 36.0 Å². The van der Waals surface area contributed by atoms with Crippen molar-refractivity contribution in [3.8, 4) is 11.5 Å². The molecule has 4 rings (SSSR count). The molecule has 0 aliphatic carbocycles. The van der Waals surface area contributed by atoms with Crippen molar-refractivity contribution in [2.24, 2.45) is 0 Å². The van der Waals surface area contributed by atoms with Gasteiger partial charge in [-0.3, -0.25) is 9.52 Å². The van der Waals surface area contributed by atoms with Crippen molar-refractivity contribution in [3.63, 3.8) is 0 Å². The van der Waals surface area contributed by atoms with Gasteiger partial charge in [-0.05, 0) is 49.2 Å². The molecule has 0 aromatic heterocycles. The van der Waals surface area contributed by atoms with Crippen molar-refractivity contribution in [1.82, 2.24) is 4.90 Å². The minimum atomic E-state index is -3.77. The number of sulfonamides is 1. The molecule has 1 amide bonds. The fraction of sp³-hybridized carbons (Fsp3) is 0.316. The molecule has 2 aliphatic rings. The third kappa shape index (κ3) is 3.71. The summed E-state index contributed by atoms with van der Waals surface area (Å²) in [6.07, 6.45) is 2.02. The molecule has 0 unspecified atom stereocenters. The van der Waals surface area contributed by atoms with Gasteiger partial charge in [0.1, 0.15) is 13.2 Å². The minimum Gasteiger partial charge on any atom is -0.486 e. The van der Waals surface area contributed by atoms with Gasteiger partial charge in [-0.1, -0.05) is 0 Å². The summed E-state index contributed by atoms with van der Waals surface area (Å²) in [4.78, 5) is 14.3. The Hall–Kier alpha value is -2.74. The first-order valence-electron chi connectivity index (χ1n) is 8.85. The molecule has 1 saturated heterocycles. The van der Waals surface area contributed by atoms with E-state index in [4.69, 9.17) is 9.47 Å². The number of likely N-dealkylation sites (tertiary alicyclic amines) is 1. The molecule has 0 radical (unpaired) electrons. The smallest absolute Gasteiger partial charge is 0.261 e. The Balaban J connectivity index is 1.51. The van der Waals surface area contributed by atoms with Crippen molar-refractivity contribution in [3.05, 3.63) is 48.0 Å². The molecular weight excluding hydrogens is 368 g/mol. The molecule has 1 N–H and O–H groups in total. The Bertz CT molecular complexity index is 951. The van der Waals surface area contributed by atoms with Crippen molar-refractivity contribution < 1.29 is 22.7 Å². The number of benzene rings is 2. The van der Waals surface area contributed by atoms with Gasteiger partial charge in [-0.2, -0.15) is 0 Å². The number of hydrogen-bond donors (Lipinski definition) is 1. The number of rotatable bonds is 4. The van der Waals surface area contributed by atoms with Crippen LogP contribution in [0.1, 0.15) is 23.2 Å². The van der Waals surface area contributed by atoms with Crippen LogP contribution in [0, 0.1) is 0 Å². The largest absolute Gasteiger partial charge is 0.486 e. The van der Waals surface area contributed by atoms with Gasteiger partial charge in [-0.25, -0.2) is 8.42 Å². The molecular formula is C19H20N2O5S. The maximum Gasteiger partial charge on any atom is 0.261 e. The van der Waals surface area contributed by atoms with E-state index in [1.807, 2.05) is 0 Å². The molecule has 0 bridgehead atoms. The zero-order valence-electron chi connectivity index (χ0n) is 14.7. The lowest BCUT2D eigenvalue weighted by Crippen LogP contribution is -2.27. The maximum atomic E-state index is 12.6. The van der Waals surface area contributed by atoms with E-state index in [1.165, 1.54) is 12.1 Å². The van der Waals surface area contributed by atoms with Crippen molar-refractivity contribution in [2.75, 3.05) is 31.0 Å². The molecule has 142 valence electrons. The molecule has 8 heteroatoms. The van der Waals surface area contributed by atoms with Crippen LogP contribution in [0.25, 0.3) is 0 Å². The van der Waals surface area contributed by atoms with Gasteiger partial charge in [-0.15, -0.1) is 0 Å². The number of amides is 1. The second kappa shape index (κ2) is 7.11. The third-order valence-electron chi connectivity index (χ3n) is 4.60. The summed E-state index contributed by atoms with van der Waals surface area (Å²) in [6, 6.07) is 10.9. The number of anilines is 1. The predicted molar refractivity (Wildman–Crippen MR) is 99.8 cm³/mol. The van der Waals surface area contributed by atoms with Gasteiger partial charge in [0.05, 0.1) is 10.6 Å². The van der Waals surface area contributed by atoms with Crippen LogP contribution in [0.15, 0.2) is 47.4 Å². The second-order valence-electron chi connectivity index (χ2n) is 6.49. The standard InChI is InChI=1S/C19H20N2O5S/c22-19(21-9-1-2-10-21)14-3-6-16(7-4-14)27(23,24)20-15-5-8-17-18(13-15)26-12-11-25-17/h3-8,13,20H,1-2,9-12H2. The number of fused-ring (bicyclic) bond motifs is 1. The van der Waals surface area contributed by atoms with E-state index in [2.05, 4.69) is 4.72 Å². The molecule has 0 atom stereocenters. The Labute approximate surface area is 157 Å². The quantitative estimate of drug-likeness (QED) is 0.870. The average Bonchev–Trinajstić information content (AvgIpc) is 3.22. The van der Waals surface area contributed by atoms with Crippen molar-refractivity contribution >= 4 is 21.6 Å². The third-order valence-corrected chi connectivity index (χ3v) is 6.00. The maximum absolute atomic E-state index is 12.6. The van der Waals surface area contributed by atoms with Crippen molar-refractivity contribution in [1.29, 1.82) is 0 Å². The van der Waals surface area contributed by atoms with Crippen LogP contribution in [-0.4, -0.2) is 45.5 Å². The lowest BCUT2D eigenvalue weighted by atomic mass is 10.2. The first-order chi connectivity index (χ1) is 13.0. The summed E-state index contributed by atoms with van der Waals surface area (Å²) >= 11 is 0. The lowest BCUT2D eigenvalue weighted by Gasteiger charge is -2.19. The summed E-state index contributed by atoms with van der Waals surface area (Å²) in [5.74, 6) is 1.04. The zero-order valence-corrected chi connectivity index (χ0v) is 15.5. The summed E-state index contributed by atoms with van der Waals surface area (Å²) in [6.45, 7) is 2.41. The fourth-order valence-electron chi connectivity index (χ4n) is 3.20. The van der Waals surface area contributed by atoms with Crippen LogP contribution >= 0.6 is 0 Å². The Kier molecular flexibility index (Phi) is 4.65. The van der Waals surface area contributed by atoms with Crippen LogP contribution in [-0.2, 0) is 10.0 Å². The summed E-state index contributed by atoms with van der Waals surface area (Å²) in [7, 11) is -3.77. The summed E-state index contributed by atoms with van der Waals surface area (Å²) in [5.41, 5.74) is 0.881. The molecule has 27 heavy (non-hydrogen) atoms. The molecule has 7 nitrogen and oxygen atoms in total. The first-order valence-corrected chi connectivity index (χ1v) is 10.3. The molecule has 2 aromatic carbocycles. The van der Waals surface area contributed by atoms with Gasteiger partial charge in [0.25, 0.3) is 15.9 Å². The first kappa shape index (κ1) is 17.7. The van der Waals surface area contributed by atoms with Crippen LogP contribution in [0.4, 0.5) is 5.69 Å². The minimum absolute atomic E-state index is 0.0590. The number of carbonyl (C=O) groups excluding carboxylic acids is 1. The highest BCUT2D eigenvalue weighted by Crippen LogP contribution is 2.33.